The second-order valence-electron chi connectivity index (χ2n) is 8.39. The Morgan fingerprint density at radius 3 is 2.58 bits per heavy atom. The number of fused-ring (bicyclic) bond motifs is 1. The van der Waals surface area contributed by atoms with E-state index in [0.29, 0.717) is 6.67 Å². The van der Waals surface area contributed by atoms with Crippen LogP contribution in [0.4, 0.5) is 4.79 Å². The van der Waals surface area contributed by atoms with Gasteiger partial charge in [-0.3, -0.25) is 9.69 Å². The van der Waals surface area contributed by atoms with Crippen LogP contribution in [0.3, 0.4) is 0 Å². The molecule has 6 heteroatoms. The highest BCUT2D eigenvalue weighted by molar-refractivity contribution is 7.10. The van der Waals surface area contributed by atoms with Crippen LogP contribution in [0.15, 0.2) is 60.0 Å². The van der Waals surface area contributed by atoms with E-state index in [1.165, 1.54) is 15.3 Å². The van der Waals surface area contributed by atoms with Gasteiger partial charge >= 0.3 is 6.03 Å². The SMILES string of the molecule is Cc1ccc([C@@]2(c3ccccc3)NC(=O)N(CN3CCc4sccc4C3)C2=O)cc1C. The average molecular weight is 432 g/mol. The lowest BCUT2D eigenvalue weighted by Gasteiger charge is -2.31. The molecule has 1 fully saturated rings. The van der Waals surface area contributed by atoms with Gasteiger partial charge in [0.2, 0.25) is 0 Å². The van der Waals surface area contributed by atoms with Gasteiger partial charge in [-0.2, -0.15) is 0 Å². The lowest BCUT2D eigenvalue weighted by Crippen LogP contribution is -2.47. The van der Waals surface area contributed by atoms with Crippen LogP contribution in [-0.2, 0) is 23.3 Å². The Hall–Kier alpha value is -2.96. The zero-order chi connectivity index (χ0) is 21.6. The van der Waals surface area contributed by atoms with Gasteiger partial charge in [0.15, 0.2) is 5.54 Å². The second-order valence-corrected chi connectivity index (χ2v) is 9.39. The maximum Gasteiger partial charge on any atom is 0.326 e. The number of carbonyl (C=O) groups is 2. The molecule has 3 amide bonds. The Kier molecular flexibility index (Phi) is 4.91. The molecule has 1 atom stereocenters. The molecule has 0 unspecified atom stereocenters. The number of amides is 3. The number of hydrogen-bond acceptors (Lipinski definition) is 4. The van der Waals surface area contributed by atoms with E-state index in [1.54, 1.807) is 11.3 Å². The monoisotopic (exact) mass is 431 g/mol. The number of imide groups is 1. The molecule has 31 heavy (non-hydrogen) atoms. The normalized spacial score (nSPS) is 21.3. The smallest absolute Gasteiger partial charge is 0.315 e. The predicted molar refractivity (Wildman–Crippen MR) is 122 cm³/mol. The summed E-state index contributed by atoms with van der Waals surface area (Å²) in [6.45, 7) is 5.97. The molecule has 1 aromatic heterocycles. The predicted octanol–water partition coefficient (Wildman–Crippen LogP) is 4.18. The fourth-order valence-corrected chi connectivity index (χ4v) is 5.44. The molecule has 5 nitrogen and oxygen atoms in total. The van der Waals surface area contributed by atoms with Gasteiger partial charge in [-0.1, -0.05) is 48.5 Å². The highest BCUT2D eigenvalue weighted by Crippen LogP contribution is 2.37. The van der Waals surface area contributed by atoms with Crippen molar-refractivity contribution < 1.29 is 9.59 Å². The number of aryl methyl sites for hydroxylation is 2. The minimum absolute atomic E-state index is 0.219. The van der Waals surface area contributed by atoms with Crippen LogP contribution in [0.5, 0.6) is 0 Å². The molecule has 0 saturated carbocycles. The van der Waals surface area contributed by atoms with E-state index in [0.717, 1.165) is 41.8 Å². The molecule has 2 aliphatic heterocycles. The maximum atomic E-state index is 13.9. The Labute approximate surface area is 186 Å². The third-order valence-corrected chi connectivity index (χ3v) is 7.50. The zero-order valence-corrected chi connectivity index (χ0v) is 18.5. The van der Waals surface area contributed by atoms with Crippen LogP contribution in [0, 0.1) is 13.8 Å². The Morgan fingerprint density at radius 1 is 1.00 bits per heavy atom. The molecule has 3 aromatic rings. The van der Waals surface area contributed by atoms with Crippen molar-refractivity contribution in [3.8, 4) is 0 Å². The molecule has 0 aliphatic carbocycles. The minimum Gasteiger partial charge on any atom is -0.315 e. The zero-order valence-electron chi connectivity index (χ0n) is 17.7. The van der Waals surface area contributed by atoms with E-state index in [-0.39, 0.29) is 11.9 Å². The number of urea groups is 1. The van der Waals surface area contributed by atoms with Gasteiger partial charge in [0.05, 0.1) is 6.67 Å². The molecule has 0 bridgehead atoms. The Balaban J connectivity index is 1.52. The maximum absolute atomic E-state index is 13.9. The first kappa shape index (κ1) is 20.0. The van der Waals surface area contributed by atoms with Gasteiger partial charge in [0, 0.05) is 18.0 Å². The second kappa shape index (κ2) is 7.62. The quantitative estimate of drug-likeness (QED) is 0.631. The first-order chi connectivity index (χ1) is 15.0. The summed E-state index contributed by atoms with van der Waals surface area (Å²) >= 11 is 1.78. The van der Waals surface area contributed by atoms with Crippen LogP contribution in [-0.4, -0.2) is 35.0 Å². The summed E-state index contributed by atoms with van der Waals surface area (Å²) in [6, 6.07) is 17.3. The third kappa shape index (κ3) is 3.27. The molecule has 5 rings (SSSR count). The van der Waals surface area contributed by atoms with Gasteiger partial charge in [-0.25, -0.2) is 9.69 Å². The van der Waals surface area contributed by atoms with Gasteiger partial charge in [-0.05, 0) is 59.5 Å². The third-order valence-electron chi connectivity index (χ3n) is 6.48. The van der Waals surface area contributed by atoms with E-state index in [1.807, 2.05) is 62.4 Å². The lowest BCUT2D eigenvalue weighted by molar-refractivity contribution is -0.131. The van der Waals surface area contributed by atoms with Crippen LogP contribution in [0.2, 0.25) is 0 Å². The van der Waals surface area contributed by atoms with Crippen molar-refractivity contribution in [2.24, 2.45) is 0 Å². The van der Waals surface area contributed by atoms with Crippen molar-refractivity contribution in [3.05, 3.63) is 92.7 Å². The van der Waals surface area contributed by atoms with Crippen LogP contribution < -0.4 is 5.32 Å². The fourth-order valence-electron chi connectivity index (χ4n) is 4.55. The summed E-state index contributed by atoms with van der Waals surface area (Å²) in [4.78, 5) is 32.0. The van der Waals surface area contributed by atoms with E-state index < -0.39 is 5.54 Å². The molecule has 0 radical (unpaired) electrons. The Morgan fingerprint density at radius 2 is 1.81 bits per heavy atom. The van der Waals surface area contributed by atoms with Crippen molar-refractivity contribution in [3.63, 3.8) is 0 Å². The molecular weight excluding hydrogens is 406 g/mol. The van der Waals surface area contributed by atoms with Gasteiger partial charge < -0.3 is 5.32 Å². The first-order valence-electron chi connectivity index (χ1n) is 10.5. The number of nitrogens with one attached hydrogen (secondary N) is 1. The average Bonchev–Trinajstić information content (AvgIpc) is 3.34. The van der Waals surface area contributed by atoms with E-state index in [9.17, 15) is 9.59 Å². The molecule has 2 aliphatic rings. The topological polar surface area (TPSA) is 52.7 Å². The number of nitrogens with zero attached hydrogens (tertiary/aromatic N) is 2. The van der Waals surface area contributed by atoms with Crippen LogP contribution in [0.25, 0.3) is 0 Å². The van der Waals surface area contributed by atoms with Crippen LogP contribution in [0.1, 0.15) is 32.7 Å². The number of benzene rings is 2. The lowest BCUT2D eigenvalue weighted by atomic mass is 9.81. The Bertz CT molecular complexity index is 1160. The van der Waals surface area contributed by atoms with Crippen molar-refractivity contribution in [2.75, 3.05) is 13.2 Å². The highest BCUT2D eigenvalue weighted by Gasteiger charge is 2.54. The standard InChI is InChI=1S/C25H25N3O2S/c1-17-8-9-21(14-18(17)2)25(20-6-4-3-5-7-20)23(29)28(24(30)26-25)16-27-12-10-22-19(15-27)11-13-31-22/h3-9,11,13-14H,10,12,15-16H2,1-2H3,(H,26,30)/t25-/m1/s1. The van der Waals surface area contributed by atoms with E-state index >= 15 is 0 Å². The van der Waals surface area contributed by atoms with E-state index in [2.05, 4.69) is 21.7 Å². The summed E-state index contributed by atoms with van der Waals surface area (Å²) in [7, 11) is 0. The van der Waals surface area contributed by atoms with Crippen molar-refractivity contribution >= 4 is 23.3 Å². The molecular formula is C25H25N3O2S. The summed E-state index contributed by atoms with van der Waals surface area (Å²) in [5.41, 5.74) is 3.90. The number of hydrogen-bond donors (Lipinski definition) is 1. The van der Waals surface area contributed by atoms with Gasteiger partial charge in [0.25, 0.3) is 5.91 Å². The fraction of sp³-hybridized carbons (Fsp3) is 0.280. The molecule has 1 N–H and O–H groups in total. The molecule has 158 valence electrons. The number of carbonyl (C=O) groups excluding carboxylic acids is 2. The molecule has 0 spiro atoms. The summed E-state index contributed by atoms with van der Waals surface area (Å²) in [6.07, 6.45) is 0.956. The molecule has 3 heterocycles. The van der Waals surface area contributed by atoms with Gasteiger partial charge in [0.1, 0.15) is 0 Å². The largest absolute Gasteiger partial charge is 0.326 e. The summed E-state index contributed by atoms with van der Waals surface area (Å²) in [5.74, 6) is -0.219. The van der Waals surface area contributed by atoms with Crippen molar-refractivity contribution in [2.45, 2.75) is 32.4 Å². The van der Waals surface area contributed by atoms with Crippen molar-refractivity contribution in [1.29, 1.82) is 0 Å². The number of thiophene rings is 1. The first-order valence-corrected chi connectivity index (χ1v) is 11.4. The minimum atomic E-state index is -1.21. The van der Waals surface area contributed by atoms with E-state index in [4.69, 9.17) is 0 Å². The summed E-state index contributed by atoms with van der Waals surface area (Å²) < 4.78 is 0. The summed E-state index contributed by atoms with van der Waals surface area (Å²) in [5, 5.41) is 5.18. The van der Waals surface area contributed by atoms with Crippen molar-refractivity contribution in [1.82, 2.24) is 15.1 Å². The van der Waals surface area contributed by atoms with Gasteiger partial charge in [-0.15, -0.1) is 11.3 Å². The van der Waals surface area contributed by atoms with Crippen LogP contribution >= 0.6 is 11.3 Å². The number of rotatable bonds is 4. The molecule has 2 aromatic carbocycles. The highest BCUT2D eigenvalue weighted by atomic mass is 32.1. The molecule has 1 saturated heterocycles.